The van der Waals surface area contributed by atoms with E-state index in [0.717, 1.165) is 19.6 Å². The maximum atomic E-state index is 11.0. The first-order valence-corrected chi connectivity index (χ1v) is 5.82. The summed E-state index contributed by atoms with van der Waals surface area (Å²) in [7, 11) is 1.42. The van der Waals surface area contributed by atoms with Gasteiger partial charge in [-0.25, -0.2) is 0 Å². The fourth-order valence-electron chi connectivity index (χ4n) is 1.26. The number of rotatable bonds is 7. The van der Waals surface area contributed by atoms with Crippen LogP contribution in [0.4, 0.5) is 0 Å². The molecule has 4 heteroatoms. The third kappa shape index (κ3) is 8.68. The molecule has 0 aromatic carbocycles. The normalized spacial score (nSPS) is 11.9. The second kappa shape index (κ2) is 7.63. The first-order chi connectivity index (χ1) is 7.39. The Kier molecular flexibility index (Phi) is 7.34. The van der Waals surface area contributed by atoms with Crippen LogP contribution in [-0.4, -0.2) is 49.8 Å². The van der Waals surface area contributed by atoms with Crippen LogP contribution >= 0.6 is 0 Å². The van der Waals surface area contributed by atoms with E-state index < -0.39 is 0 Å². The lowest BCUT2D eigenvalue weighted by Gasteiger charge is -2.24. The molecule has 0 rings (SSSR count). The zero-order valence-corrected chi connectivity index (χ0v) is 11.2. The number of likely N-dealkylation sites (N-methyl/N-ethyl adjacent to an activating group) is 1. The molecule has 0 amide bonds. The van der Waals surface area contributed by atoms with Gasteiger partial charge in [-0.3, -0.25) is 4.79 Å². The molecule has 0 spiro atoms. The maximum Gasteiger partial charge on any atom is 0.306 e. The van der Waals surface area contributed by atoms with Crippen molar-refractivity contribution in [2.45, 2.75) is 39.7 Å². The Morgan fingerprint density at radius 3 is 2.31 bits per heavy atom. The lowest BCUT2D eigenvalue weighted by Crippen LogP contribution is -2.32. The van der Waals surface area contributed by atoms with Crippen molar-refractivity contribution in [2.75, 3.05) is 33.4 Å². The van der Waals surface area contributed by atoms with Crippen LogP contribution in [0.25, 0.3) is 0 Å². The molecule has 0 aliphatic rings. The number of esters is 1. The summed E-state index contributed by atoms with van der Waals surface area (Å²) < 4.78 is 10.2. The van der Waals surface area contributed by atoms with Gasteiger partial charge in [0.05, 0.1) is 25.7 Å². The fraction of sp³-hybridized carbons (Fsp3) is 0.917. The number of carbonyl (C=O) groups is 1. The van der Waals surface area contributed by atoms with E-state index in [1.807, 2.05) is 20.8 Å². The van der Waals surface area contributed by atoms with Gasteiger partial charge in [-0.1, -0.05) is 6.92 Å². The van der Waals surface area contributed by atoms with Crippen LogP contribution in [0.1, 0.15) is 34.1 Å². The predicted molar refractivity (Wildman–Crippen MR) is 64.5 cm³/mol. The highest BCUT2D eigenvalue weighted by Crippen LogP contribution is 2.06. The van der Waals surface area contributed by atoms with Gasteiger partial charge in [0, 0.05) is 13.1 Å². The van der Waals surface area contributed by atoms with E-state index in [2.05, 4.69) is 16.6 Å². The van der Waals surface area contributed by atoms with Crippen molar-refractivity contribution in [1.82, 2.24) is 4.90 Å². The molecular weight excluding hydrogens is 206 g/mol. The zero-order chi connectivity index (χ0) is 12.6. The Morgan fingerprint density at radius 1 is 1.25 bits per heavy atom. The second-order valence-corrected chi connectivity index (χ2v) is 4.72. The van der Waals surface area contributed by atoms with Crippen molar-refractivity contribution >= 4 is 5.97 Å². The van der Waals surface area contributed by atoms with Crippen molar-refractivity contribution < 1.29 is 14.3 Å². The van der Waals surface area contributed by atoms with Gasteiger partial charge in [0.25, 0.3) is 0 Å². The largest absolute Gasteiger partial charge is 0.469 e. The first-order valence-electron chi connectivity index (χ1n) is 5.82. The van der Waals surface area contributed by atoms with Gasteiger partial charge < -0.3 is 14.4 Å². The second-order valence-electron chi connectivity index (χ2n) is 4.72. The summed E-state index contributed by atoms with van der Waals surface area (Å²) in [6, 6.07) is 0. The topological polar surface area (TPSA) is 38.8 Å². The highest BCUT2D eigenvalue weighted by molar-refractivity contribution is 5.69. The Labute approximate surface area is 98.9 Å². The molecule has 0 aliphatic carbocycles. The Bertz CT molecular complexity index is 199. The van der Waals surface area contributed by atoms with Crippen molar-refractivity contribution in [1.29, 1.82) is 0 Å². The third-order valence-electron chi connectivity index (χ3n) is 2.25. The Balaban J connectivity index is 3.71. The van der Waals surface area contributed by atoms with E-state index in [1.165, 1.54) is 7.11 Å². The SMILES string of the molecule is CCN(CCOC(C)(C)C)CCC(=O)OC. The van der Waals surface area contributed by atoms with E-state index in [0.29, 0.717) is 13.0 Å². The van der Waals surface area contributed by atoms with E-state index >= 15 is 0 Å². The molecule has 0 radical (unpaired) electrons. The standard InChI is InChI=1S/C12H25NO3/c1-6-13(8-7-11(14)15-5)9-10-16-12(2,3)4/h6-10H2,1-5H3. The molecule has 0 fully saturated rings. The molecule has 0 unspecified atom stereocenters. The molecule has 0 aliphatic heterocycles. The zero-order valence-electron chi connectivity index (χ0n) is 11.2. The quantitative estimate of drug-likeness (QED) is 0.625. The van der Waals surface area contributed by atoms with E-state index in [-0.39, 0.29) is 11.6 Å². The number of hydrogen-bond donors (Lipinski definition) is 0. The smallest absolute Gasteiger partial charge is 0.306 e. The summed E-state index contributed by atoms with van der Waals surface area (Å²) in [5.41, 5.74) is -0.0955. The fourth-order valence-corrected chi connectivity index (χ4v) is 1.26. The molecule has 0 bridgehead atoms. The lowest BCUT2D eigenvalue weighted by molar-refractivity contribution is -0.141. The van der Waals surface area contributed by atoms with Crippen molar-refractivity contribution in [2.24, 2.45) is 0 Å². The van der Waals surface area contributed by atoms with Gasteiger partial charge in [-0.05, 0) is 27.3 Å². The highest BCUT2D eigenvalue weighted by atomic mass is 16.5. The molecule has 0 N–H and O–H groups in total. The van der Waals surface area contributed by atoms with E-state index in [4.69, 9.17) is 4.74 Å². The molecule has 0 saturated carbocycles. The minimum atomic E-state index is -0.157. The van der Waals surface area contributed by atoms with Gasteiger partial charge in [0.15, 0.2) is 0 Å². The average molecular weight is 231 g/mol. The van der Waals surface area contributed by atoms with Gasteiger partial charge in [-0.2, -0.15) is 0 Å². The van der Waals surface area contributed by atoms with Gasteiger partial charge >= 0.3 is 5.97 Å². The summed E-state index contributed by atoms with van der Waals surface area (Å²) >= 11 is 0. The third-order valence-corrected chi connectivity index (χ3v) is 2.25. The van der Waals surface area contributed by atoms with Gasteiger partial charge in [0.2, 0.25) is 0 Å². The van der Waals surface area contributed by atoms with Gasteiger partial charge in [-0.15, -0.1) is 0 Å². The van der Waals surface area contributed by atoms with E-state index in [9.17, 15) is 4.79 Å². The van der Waals surface area contributed by atoms with Crippen LogP contribution < -0.4 is 0 Å². The Morgan fingerprint density at radius 2 is 1.88 bits per heavy atom. The van der Waals surface area contributed by atoms with Crippen LogP contribution in [0.3, 0.4) is 0 Å². The minimum Gasteiger partial charge on any atom is -0.469 e. The summed E-state index contributed by atoms with van der Waals surface area (Å²) in [6.45, 7) is 11.4. The molecule has 16 heavy (non-hydrogen) atoms. The van der Waals surface area contributed by atoms with Crippen molar-refractivity contribution in [3.8, 4) is 0 Å². The van der Waals surface area contributed by atoms with Crippen LogP contribution in [0.15, 0.2) is 0 Å². The molecule has 0 aromatic heterocycles. The van der Waals surface area contributed by atoms with Crippen LogP contribution in [0, 0.1) is 0 Å². The lowest BCUT2D eigenvalue weighted by atomic mass is 10.2. The van der Waals surface area contributed by atoms with Crippen LogP contribution in [0.2, 0.25) is 0 Å². The van der Waals surface area contributed by atoms with Gasteiger partial charge in [0.1, 0.15) is 0 Å². The number of methoxy groups -OCH3 is 1. The summed E-state index contributed by atoms with van der Waals surface area (Å²) in [5, 5.41) is 0. The maximum absolute atomic E-state index is 11.0. The predicted octanol–water partition coefficient (Wildman–Crippen LogP) is 1.69. The highest BCUT2D eigenvalue weighted by Gasteiger charge is 2.11. The molecule has 4 nitrogen and oxygen atoms in total. The summed E-state index contributed by atoms with van der Waals surface area (Å²) in [4.78, 5) is 13.2. The molecular formula is C12H25NO3. The molecule has 96 valence electrons. The van der Waals surface area contributed by atoms with Crippen LogP contribution in [0.5, 0.6) is 0 Å². The number of carbonyl (C=O) groups excluding carboxylic acids is 1. The van der Waals surface area contributed by atoms with Crippen LogP contribution in [-0.2, 0) is 14.3 Å². The summed E-state index contributed by atoms with van der Waals surface area (Å²) in [6.07, 6.45) is 0.444. The monoisotopic (exact) mass is 231 g/mol. The molecule has 0 heterocycles. The molecule has 0 atom stereocenters. The average Bonchev–Trinajstić information content (AvgIpc) is 2.20. The number of hydrogen-bond acceptors (Lipinski definition) is 4. The Hall–Kier alpha value is -0.610. The van der Waals surface area contributed by atoms with Crippen molar-refractivity contribution in [3.63, 3.8) is 0 Å². The number of ether oxygens (including phenoxy) is 2. The number of nitrogens with zero attached hydrogens (tertiary/aromatic N) is 1. The first kappa shape index (κ1) is 15.4. The molecule has 0 saturated heterocycles. The molecule has 0 aromatic rings. The summed E-state index contributed by atoms with van der Waals surface area (Å²) in [5.74, 6) is -0.157. The minimum absolute atomic E-state index is 0.0955. The van der Waals surface area contributed by atoms with E-state index in [1.54, 1.807) is 0 Å². The van der Waals surface area contributed by atoms with Crippen molar-refractivity contribution in [3.05, 3.63) is 0 Å².